The third-order valence-electron chi connectivity index (χ3n) is 3.35. The van der Waals surface area contributed by atoms with Gasteiger partial charge in [0.25, 0.3) is 0 Å². The molecule has 100 valence electrons. The van der Waals surface area contributed by atoms with Gasteiger partial charge in [-0.2, -0.15) is 0 Å². The number of benzene rings is 2. The van der Waals surface area contributed by atoms with Crippen molar-refractivity contribution in [2.24, 2.45) is 0 Å². The van der Waals surface area contributed by atoms with E-state index in [0.717, 1.165) is 11.1 Å². The molecule has 0 heterocycles. The van der Waals surface area contributed by atoms with Gasteiger partial charge in [-0.05, 0) is 23.3 Å². The topological polar surface area (TPSA) is 20.2 Å². The van der Waals surface area contributed by atoms with Gasteiger partial charge in [0.15, 0.2) is 0 Å². The van der Waals surface area contributed by atoms with Gasteiger partial charge < -0.3 is 5.11 Å². The second-order valence-electron chi connectivity index (χ2n) is 4.71. The molecule has 0 bridgehead atoms. The predicted molar refractivity (Wildman–Crippen MR) is 76.0 cm³/mol. The van der Waals surface area contributed by atoms with Crippen molar-refractivity contribution in [3.63, 3.8) is 0 Å². The summed E-state index contributed by atoms with van der Waals surface area (Å²) in [7, 11) is 0. The molecular weight excluding hydrogens is 263 g/mol. The van der Waals surface area contributed by atoms with Crippen molar-refractivity contribution in [3.05, 3.63) is 70.5 Å². The van der Waals surface area contributed by atoms with E-state index < -0.39 is 6.10 Å². The highest BCUT2D eigenvalue weighted by Gasteiger charge is 2.17. The van der Waals surface area contributed by atoms with Gasteiger partial charge >= 0.3 is 0 Å². The van der Waals surface area contributed by atoms with E-state index in [1.807, 2.05) is 37.3 Å². The normalized spacial score (nSPS) is 14.1. The standard InChI is InChI=1S/C16H16ClFO/c1-11(12-5-3-2-4-6-12)16(19)9-13-7-8-14(18)10-15(13)17/h2-8,10-11,16,19H,9H2,1H3. The molecule has 1 nitrogen and oxygen atoms in total. The lowest BCUT2D eigenvalue weighted by Gasteiger charge is -2.19. The van der Waals surface area contributed by atoms with E-state index in [2.05, 4.69) is 0 Å². The molecule has 1 N–H and O–H groups in total. The summed E-state index contributed by atoms with van der Waals surface area (Å²) in [5, 5.41) is 10.6. The summed E-state index contributed by atoms with van der Waals surface area (Å²) in [5.41, 5.74) is 1.84. The number of hydrogen-bond acceptors (Lipinski definition) is 1. The summed E-state index contributed by atoms with van der Waals surface area (Å²) >= 11 is 5.97. The molecule has 0 aliphatic heterocycles. The molecule has 0 fully saturated rings. The molecule has 2 aromatic rings. The maximum Gasteiger partial charge on any atom is 0.124 e. The molecule has 0 saturated heterocycles. The first-order valence-electron chi connectivity index (χ1n) is 6.25. The maximum absolute atomic E-state index is 13.0. The number of rotatable bonds is 4. The monoisotopic (exact) mass is 278 g/mol. The summed E-state index contributed by atoms with van der Waals surface area (Å²) in [6.45, 7) is 1.97. The minimum Gasteiger partial charge on any atom is -0.392 e. The highest BCUT2D eigenvalue weighted by Crippen LogP contribution is 2.25. The highest BCUT2D eigenvalue weighted by molar-refractivity contribution is 6.31. The Balaban J connectivity index is 2.10. The van der Waals surface area contributed by atoms with Crippen LogP contribution in [0.25, 0.3) is 0 Å². The SMILES string of the molecule is CC(c1ccccc1)C(O)Cc1ccc(F)cc1Cl. The fourth-order valence-corrected chi connectivity index (χ4v) is 2.31. The fraction of sp³-hybridized carbons (Fsp3) is 0.250. The molecule has 0 saturated carbocycles. The third kappa shape index (κ3) is 3.55. The summed E-state index contributed by atoms with van der Waals surface area (Å²) in [6.07, 6.45) is -0.139. The zero-order chi connectivity index (χ0) is 13.8. The Hall–Kier alpha value is -1.38. The van der Waals surface area contributed by atoms with Crippen LogP contribution in [0.15, 0.2) is 48.5 Å². The molecule has 0 aliphatic carbocycles. The zero-order valence-electron chi connectivity index (χ0n) is 10.7. The third-order valence-corrected chi connectivity index (χ3v) is 3.70. The van der Waals surface area contributed by atoms with E-state index in [9.17, 15) is 9.50 Å². The average Bonchev–Trinajstić information content (AvgIpc) is 2.42. The van der Waals surface area contributed by atoms with Crippen LogP contribution < -0.4 is 0 Å². The van der Waals surface area contributed by atoms with Crippen molar-refractivity contribution < 1.29 is 9.50 Å². The minimum atomic E-state index is -0.551. The Labute approximate surface area is 117 Å². The second-order valence-corrected chi connectivity index (χ2v) is 5.11. The Morgan fingerprint density at radius 1 is 1.16 bits per heavy atom. The summed E-state index contributed by atoms with van der Waals surface area (Å²) in [4.78, 5) is 0. The van der Waals surface area contributed by atoms with Crippen molar-refractivity contribution in [2.75, 3.05) is 0 Å². The van der Waals surface area contributed by atoms with Crippen LogP contribution in [0.2, 0.25) is 5.02 Å². The van der Waals surface area contributed by atoms with Crippen LogP contribution in [0.1, 0.15) is 24.0 Å². The first-order valence-corrected chi connectivity index (χ1v) is 6.62. The van der Waals surface area contributed by atoms with E-state index in [1.165, 1.54) is 12.1 Å². The van der Waals surface area contributed by atoms with Gasteiger partial charge in [-0.25, -0.2) is 4.39 Å². The van der Waals surface area contributed by atoms with Gasteiger partial charge in [0, 0.05) is 17.4 Å². The number of halogens is 2. The Morgan fingerprint density at radius 2 is 1.84 bits per heavy atom. The second kappa shape index (κ2) is 6.18. The van der Waals surface area contributed by atoms with E-state index in [4.69, 9.17) is 11.6 Å². The average molecular weight is 279 g/mol. The van der Waals surface area contributed by atoms with Gasteiger partial charge in [-0.1, -0.05) is 54.9 Å². The Kier molecular flexibility index (Phi) is 4.56. The van der Waals surface area contributed by atoms with Crippen molar-refractivity contribution in [2.45, 2.75) is 25.4 Å². The summed E-state index contributed by atoms with van der Waals surface area (Å²) < 4.78 is 13.0. The lowest BCUT2D eigenvalue weighted by Crippen LogP contribution is -2.19. The molecule has 19 heavy (non-hydrogen) atoms. The van der Waals surface area contributed by atoms with Gasteiger partial charge in [-0.3, -0.25) is 0 Å². The van der Waals surface area contributed by atoms with Gasteiger partial charge in [0.05, 0.1) is 6.10 Å². The maximum atomic E-state index is 13.0. The van der Waals surface area contributed by atoms with Crippen molar-refractivity contribution in [1.29, 1.82) is 0 Å². The van der Waals surface area contributed by atoms with Gasteiger partial charge in [0.2, 0.25) is 0 Å². The van der Waals surface area contributed by atoms with Crippen LogP contribution in [0.4, 0.5) is 4.39 Å². The first kappa shape index (κ1) is 14.0. The molecule has 2 atom stereocenters. The Bertz CT molecular complexity index is 542. The van der Waals surface area contributed by atoms with Crippen LogP contribution in [-0.4, -0.2) is 11.2 Å². The lowest BCUT2D eigenvalue weighted by molar-refractivity contribution is 0.149. The van der Waals surface area contributed by atoms with Gasteiger partial charge in [0.1, 0.15) is 5.82 Å². The summed E-state index contributed by atoms with van der Waals surface area (Å²) in [6, 6.07) is 14.1. The van der Waals surface area contributed by atoms with E-state index in [0.29, 0.717) is 11.4 Å². The highest BCUT2D eigenvalue weighted by atomic mass is 35.5. The Morgan fingerprint density at radius 3 is 2.47 bits per heavy atom. The molecule has 3 heteroatoms. The zero-order valence-corrected chi connectivity index (χ0v) is 11.4. The lowest BCUT2D eigenvalue weighted by atomic mass is 9.91. The molecule has 2 aromatic carbocycles. The quantitative estimate of drug-likeness (QED) is 0.889. The van der Waals surface area contributed by atoms with Crippen LogP contribution in [0.3, 0.4) is 0 Å². The van der Waals surface area contributed by atoms with Crippen LogP contribution in [0, 0.1) is 5.82 Å². The molecule has 0 spiro atoms. The molecule has 0 amide bonds. The van der Waals surface area contributed by atoms with Crippen LogP contribution in [-0.2, 0) is 6.42 Å². The minimum absolute atomic E-state index is 0.00215. The van der Waals surface area contributed by atoms with E-state index in [-0.39, 0.29) is 11.7 Å². The molecule has 2 rings (SSSR count). The van der Waals surface area contributed by atoms with E-state index >= 15 is 0 Å². The molecule has 0 radical (unpaired) electrons. The first-order chi connectivity index (χ1) is 9.08. The van der Waals surface area contributed by atoms with Crippen LogP contribution >= 0.6 is 11.6 Å². The van der Waals surface area contributed by atoms with Crippen LogP contribution in [0.5, 0.6) is 0 Å². The van der Waals surface area contributed by atoms with Gasteiger partial charge in [-0.15, -0.1) is 0 Å². The number of aliphatic hydroxyl groups is 1. The van der Waals surface area contributed by atoms with Crippen molar-refractivity contribution >= 4 is 11.6 Å². The molecule has 2 unspecified atom stereocenters. The van der Waals surface area contributed by atoms with Crippen molar-refractivity contribution in [3.8, 4) is 0 Å². The summed E-state index contributed by atoms with van der Waals surface area (Å²) in [5.74, 6) is -0.360. The molecular formula is C16H16ClFO. The van der Waals surface area contributed by atoms with Crippen molar-refractivity contribution in [1.82, 2.24) is 0 Å². The largest absolute Gasteiger partial charge is 0.392 e. The smallest absolute Gasteiger partial charge is 0.124 e. The predicted octanol–water partition coefficient (Wildman–Crippen LogP) is 4.19. The number of hydrogen-bond donors (Lipinski definition) is 1. The van der Waals surface area contributed by atoms with E-state index in [1.54, 1.807) is 6.07 Å². The molecule has 0 aromatic heterocycles. The number of aliphatic hydroxyl groups excluding tert-OH is 1. The molecule has 0 aliphatic rings. The fourth-order valence-electron chi connectivity index (χ4n) is 2.07.